The average Bonchev–Trinajstić information content (AvgIpc) is 3.05. The highest BCUT2D eigenvalue weighted by atomic mass is 32.1. The molecular formula is C13H18N4OS2. The molecule has 2 rings (SSSR count). The smallest absolute Gasteiger partial charge is 0.267 e. The summed E-state index contributed by atoms with van der Waals surface area (Å²) >= 11 is 2.95. The first kappa shape index (κ1) is 14.8. The molecule has 20 heavy (non-hydrogen) atoms. The van der Waals surface area contributed by atoms with Gasteiger partial charge >= 0.3 is 0 Å². The quantitative estimate of drug-likeness (QED) is 0.860. The molecule has 0 aliphatic rings. The number of carbonyl (C=O) groups excluding carboxylic acids is 1. The number of nitrogens with one attached hydrogen (secondary N) is 1. The molecule has 0 atom stereocenters. The van der Waals surface area contributed by atoms with Crippen LogP contribution in [0.2, 0.25) is 0 Å². The Morgan fingerprint density at radius 2 is 2.35 bits per heavy atom. The standard InChI is InChI=1S/C13H18N4OS2/c1-3-6-15-13-16-11(14)10(20-13)12(18)17(2)8-9-5-4-7-19-9/h4-5,7H,3,6,8,14H2,1-2H3,(H,15,16). The van der Waals surface area contributed by atoms with E-state index in [0.29, 0.717) is 22.4 Å². The summed E-state index contributed by atoms with van der Waals surface area (Å²) in [6.45, 7) is 3.49. The SMILES string of the molecule is CCCNc1nc(N)c(C(=O)N(C)Cc2cccs2)s1. The first-order valence-electron chi connectivity index (χ1n) is 6.39. The molecule has 0 aliphatic heterocycles. The highest BCUT2D eigenvalue weighted by Gasteiger charge is 2.20. The number of nitrogen functional groups attached to an aromatic ring is 1. The van der Waals surface area contributed by atoms with E-state index in [-0.39, 0.29) is 5.91 Å². The summed E-state index contributed by atoms with van der Waals surface area (Å²) < 4.78 is 0. The van der Waals surface area contributed by atoms with Gasteiger partial charge in [0.05, 0.1) is 6.54 Å². The number of thiazole rings is 1. The van der Waals surface area contributed by atoms with Gasteiger partial charge in [0.15, 0.2) is 5.13 Å². The molecule has 0 fully saturated rings. The van der Waals surface area contributed by atoms with Crippen LogP contribution in [-0.4, -0.2) is 29.4 Å². The maximum absolute atomic E-state index is 12.4. The van der Waals surface area contributed by atoms with Crippen molar-refractivity contribution < 1.29 is 4.79 Å². The van der Waals surface area contributed by atoms with Crippen LogP contribution in [0.3, 0.4) is 0 Å². The Kier molecular flexibility index (Phi) is 4.97. The molecule has 2 heterocycles. The Bertz CT molecular complexity index is 565. The third-order valence-corrected chi connectivity index (χ3v) is 4.57. The van der Waals surface area contributed by atoms with Gasteiger partial charge in [0, 0.05) is 18.5 Å². The van der Waals surface area contributed by atoms with Crippen molar-refractivity contribution in [2.24, 2.45) is 0 Å². The minimum absolute atomic E-state index is 0.0852. The first-order valence-corrected chi connectivity index (χ1v) is 8.09. The minimum atomic E-state index is -0.0852. The molecule has 0 aromatic carbocycles. The molecule has 7 heteroatoms. The van der Waals surface area contributed by atoms with Gasteiger partial charge in [-0.05, 0) is 17.9 Å². The number of hydrogen-bond acceptors (Lipinski definition) is 6. The van der Waals surface area contributed by atoms with Crippen molar-refractivity contribution in [3.05, 3.63) is 27.3 Å². The van der Waals surface area contributed by atoms with Gasteiger partial charge in [-0.15, -0.1) is 11.3 Å². The average molecular weight is 310 g/mol. The van der Waals surface area contributed by atoms with Gasteiger partial charge in [0.1, 0.15) is 10.7 Å². The van der Waals surface area contributed by atoms with Gasteiger partial charge in [-0.2, -0.15) is 0 Å². The third-order valence-electron chi connectivity index (χ3n) is 2.69. The molecule has 108 valence electrons. The van der Waals surface area contributed by atoms with E-state index in [4.69, 9.17) is 5.73 Å². The highest BCUT2D eigenvalue weighted by Crippen LogP contribution is 2.26. The first-order chi connectivity index (χ1) is 9.61. The van der Waals surface area contributed by atoms with E-state index in [2.05, 4.69) is 17.2 Å². The second kappa shape index (κ2) is 6.71. The Morgan fingerprint density at radius 1 is 1.55 bits per heavy atom. The van der Waals surface area contributed by atoms with Crippen LogP contribution < -0.4 is 11.1 Å². The summed E-state index contributed by atoms with van der Waals surface area (Å²) in [4.78, 5) is 19.9. The van der Waals surface area contributed by atoms with Crippen LogP contribution in [0, 0.1) is 0 Å². The third kappa shape index (κ3) is 3.49. The maximum atomic E-state index is 12.4. The number of rotatable bonds is 6. The van der Waals surface area contributed by atoms with Gasteiger partial charge in [0.25, 0.3) is 5.91 Å². The molecule has 0 saturated heterocycles. The van der Waals surface area contributed by atoms with Crippen molar-refractivity contribution in [1.82, 2.24) is 9.88 Å². The molecule has 3 N–H and O–H groups in total. The number of nitrogens with two attached hydrogens (primary N) is 1. The predicted octanol–water partition coefficient (Wildman–Crippen LogP) is 2.88. The summed E-state index contributed by atoms with van der Waals surface area (Å²) in [6, 6.07) is 3.99. The van der Waals surface area contributed by atoms with E-state index in [1.165, 1.54) is 11.3 Å². The lowest BCUT2D eigenvalue weighted by Gasteiger charge is -2.15. The van der Waals surface area contributed by atoms with Crippen LogP contribution in [0.4, 0.5) is 10.9 Å². The number of hydrogen-bond donors (Lipinski definition) is 2. The zero-order valence-corrected chi connectivity index (χ0v) is 13.2. The largest absolute Gasteiger partial charge is 0.382 e. The van der Waals surface area contributed by atoms with Gasteiger partial charge in [-0.3, -0.25) is 4.79 Å². The van der Waals surface area contributed by atoms with Gasteiger partial charge < -0.3 is 16.0 Å². The Morgan fingerprint density at radius 3 is 3.00 bits per heavy atom. The second-order valence-electron chi connectivity index (χ2n) is 4.40. The highest BCUT2D eigenvalue weighted by molar-refractivity contribution is 7.18. The Labute approximate surface area is 126 Å². The summed E-state index contributed by atoms with van der Waals surface area (Å²) in [5.74, 6) is 0.217. The summed E-state index contributed by atoms with van der Waals surface area (Å²) in [7, 11) is 1.78. The molecule has 0 unspecified atom stereocenters. The molecule has 0 spiro atoms. The van der Waals surface area contributed by atoms with Crippen molar-refractivity contribution >= 4 is 39.5 Å². The van der Waals surface area contributed by atoms with Crippen LogP contribution in [0.1, 0.15) is 27.9 Å². The van der Waals surface area contributed by atoms with E-state index in [0.717, 1.165) is 17.8 Å². The Balaban J connectivity index is 2.06. The summed E-state index contributed by atoms with van der Waals surface area (Å²) in [5.41, 5.74) is 5.84. The van der Waals surface area contributed by atoms with Crippen molar-refractivity contribution in [1.29, 1.82) is 0 Å². The van der Waals surface area contributed by atoms with E-state index < -0.39 is 0 Å². The molecule has 0 bridgehead atoms. The lowest BCUT2D eigenvalue weighted by Crippen LogP contribution is -2.25. The number of aromatic nitrogens is 1. The molecule has 0 radical (unpaired) electrons. The van der Waals surface area contributed by atoms with Gasteiger partial charge in [-0.25, -0.2) is 4.98 Å². The van der Waals surface area contributed by atoms with Crippen LogP contribution in [0.15, 0.2) is 17.5 Å². The zero-order valence-electron chi connectivity index (χ0n) is 11.5. The summed E-state index contributed by atoms with van der Waals surface area (Å²) in [5, 5.41) is 5.86. The topological polar surface area (TPSA) is 71.2 Å². The molecule has 1 amide bonds. The number of amides is 1. The second-order valence-corrected chi connectivity index (χ2v) is 6.43. The number of thiophene rings is 1. The van der Waals surface area contributed by atoms with Crippen LogP contribution >= 0.6 is 22.7 Å². The van der Waals surface area contributed by atoms with Crippen molar-refractivity contribution in [2.75, 3.05) is 24.6 Å². The lowest BCUT2D eigenvalue weighted by molar-refractivity contribution is 0.0792. The fourth-order valence-corrected chi connectivity index (χ4v) is 3.34. The van der Waals surface area contributed by atoms with E-state index >= 15 is 0 Å². The molecule has 5 nitrogen and oxygen atoms in total. The fourth-order valence-electron chi connectivity index (χ4n) is 1.67. The van der Waals surface area contributed by atoms with E-state index in [9.17, 15) is 4.79 Å². The van der Waals surface area contributed by atoms with Crippen LogP contribution in [0.5, 0.6) is 0 Å². The number of anilines is 2. The molecule has 2 aromatic rings. The fraction of sp³-hybridized carbons (Fsp3) is 0.385. The molecule has 0 saturated carbocycles. The zero-order chi connectivity index (χ0) is 14.5. The van der Waals surface area contributed by atoms with Crippen molar-refractivity contribution in [3.8, 4) is 0 Å². The number of nitrogens with zero attached hydrogens (tertiary/aromatic N) is 2. The lowest BCUT2D eigenvalue weighted by atomic mass is 10.4. The van der Waals surface area contributed by atoms with Crippen LogP contribution in [-0.2, 0) is 6.54 Å². The van der Waals surface area contributed by atoms with Crippen LogP contribution in [0.25, 0.3) is 0 Å². The maximum Gasteiger partial charge on any atom is 0.267 e. The van der Waals surface area contributed by atoms with Crippen molar-refractivity contribution in [2.45, 2.75) is 19.9 Å². The summed E-state index contributed by atoms with van der Waals surface area (Å²) in [6.07, 6.45) is 1.00. The van der Waals surface area contributed by atoms with Gasteiger partial charge in [0.2, 0.25) is 0 Å². The monoisotopic (exact) mass is 310 g/mol. The normalized spacial score (nSPS) is 10.5. The predicted molar refractivity (Wildman–Crippen MR) is 85.4 cm³/mol. The van der Waals surface area contributed by atoms with E-state index in [1.54, 1.807) is 23.3 Å². The molecular weight excluding hydrogens is 292 g/mol. The number of carbonyl (C=O) groups is 1. The molecule has 0 aliphatic carbocycles. The minimum Gasteiger partial charge on any atom is -0.382 e. The van der Waals surface area contributed by atoms with Crippen molar-refractivity contribution in [3.63, 3.8) is 0 Å². The van der Waals surface area contributed by atoms with Gasteiger partial charge in [-0.1, -0.05) is 24.3 Å². The Hall–Kier alpha value is -1.60. The van der Waals surface area contributed by atoms with E-state index in [1.807, 2.05) is 17.5 Å². The molecule has 2 aromatic heterocycles.